The van der Waals surface area contributed by atoms with Crippen LogP contribution in [-0.4, -0.2) is 82.9 Å². The van der Waals surface area contributed by atoms with Crippen molar-refractivity contribution in [3.05, 3.63) is 0 Å². The fourth-order valence-electron chi connectivity index (χ4n) is 2.37. The number of carbonyl (C=O) groups excluding carboxylic acids is 3. The zero-order valence-corrected chi connectivity index (χ0v) is 18.5. The van der Waals surface area contributed by atoms with Gasteiger partial charge in [0, 0.05) is 12.3 Å². The molecule has 11 N–H and O–H groups in total. The Morgan fingerprint density at radius 3 is 2.00 bits per heavy atom. The molecule has 0 spiro atoms. The number of rotatable bonds is 14. The van der Waals surface area contributed by atoms with E-state index in [1.807, 2.05) is 0 Å². The number of hydrogen-bond acceptors (Lipinski definition) is 8. The van der Waals surface area contributed by atoms with Crippen LogP contribution in [0.2, 0.25) is 0 Å². The highest BCUT2D eigenvalue weighted by Gasteiger charge is 2.30. The fourth-order valence-corrected chi connectivity index (χ4v) is 2.62. The Morgan fingerprint density at radius 2 is 1.55 bits per heavy atom. The van der Waals surface area contributed by atoms with Crippen LogP contribution in [0.25, 0.3) is 0 Å². The molecule has 178 valence electrons. The zero-order valence-electron chi connectivity index (χ0n) is 17.6. The van der Waals surface area contributed by atoms with E-state index in [0.717, 1.165) is 0 Å². The van der Waals surface area contributed by atoms with E-state index in [1.54, 1.807) is 13.8 Å². The monoisotopic (exact) mass is 463 g/mol. The third kappa shape index (κ3) is 10.8. The molecule has 0 fully saturated rings. The summed E-state index contributed by atoms with van der Waals surface area (Å²) in [6.07, 6.45) is 0.408. The predicted octanol–water partition coefficient (Wildman–Crippen LogP) is -3.52. The second-order valence-electron chi connectivity index (χ2n) is 7.11. The average molecular weight is 464 g/mol. The molecule has 31 heavy (non-hydrogen) atoms. The van der Waals surface area contributed by atoms with Crippen LogP contribution in [0, 0.1) is 5.92 Å². The molecule has 0 aliphatic heterocycles. The standard InChI is InChI=1S/C17H33N7O6S/c1-8(2)12(16(29)30)24-14(27)10(4-3-5-21-17(19)20)22-15(28)11(7-31)23-13(26)9(18)6-25/h8-12,25,31H,3-7,18H2,1-2H3,(H,22,28)(H,23,26)(H,24,27)(H,29,30)(H4,19,20,21). The molecule has 13 nitrogen and oxygen atoms in total. The van der Waals surface area contributed by atoms with Crippen LogP contribution in [0.5, 0.6) is 0 Å². The lowest BCUT2D eigenvalue weighted by Crippen LogP contribution is -2.58. The SMILES string of the molecule is CC(C)C(NC(=O)C(CCCN=C(N)N)NC(=O)C(CS)NC(=O)C(N)CO)C(=O)O. The van der Waals surface area contributed by atoms with Crippen molar-refractivity contribution in [2.45, 2.75) is 50.9 Å². The van der Waals surface area contributed by atoms with Crippen LogP contribution >= 0.6 is 12.6 Å². The van der Waals surface area contributed by atoms with Crippen LogP contribution in [0.3, 0.4) is 0 Å². The molecule has 0 saturated heterocycles. The number of aliphatic carboxylic acids is 1. The minimum absolute atomic E-state index is 0.0994. The maximum Gasteiger partial charge on any atom is 0.326 e. The fraction of sp³-hybridized carbons (Fsp3) is 0.706. The first-order valence-corrected chi connectivity index (χ1v) is 10.2. The van der Waals surface area contributed by atoms with Gasteiger partial charge in [-0.15, -0.1) is 0 Å². The maximum absolute atomic E-state index is 12.7. The number of nitrogens with one attached hydrogen (secondary N) is 3. The minimum atomic E-state index is -1.23. The quantitative estimate of drug-likeness (QED) is 0.0536. The number of nitrogens with zero attached hydrogens (tertiary/aromatic N) is 1. The van der Waals surface area contributed by atoms with E-state index in [-0.39, 0.29) is 24.7 Å². The molecule has 0 rings (SSSR count). The zero-order chi connectivity index (χ0) is 24.1. The smallest absolute Gasteiger partial charge is 0.326 e. The van der Waals surface area contributed by atoms with Crippen molar-refractivity contribution >= 4 is 42.3 Å². The number of nitrogens with two attached hydrogens (primary N) is 3. The maximum atomic E-state index is 12.7. The van der Waals surface area contributed by atoms with E-state index in [4.69, 9.17) is 22.3 Å². The first kappa shape index (κ1) is 28.4. The lowest BCUT2D eigenvalue weighted by molar-refractivity contribution is -0.143. The number of thiol groups is 1. The predicted molar refractivity (Wildman–Crippen MR) is 117 cm³/mol. The summed E-state index contributed by atoms with van der Waals surface area (Å²) in [7, 11) is 0. The summed E-state index contributed by atoms with van der Waals surface area (Å²) in [5.74, 6) is -4.06. The van der Waals surface area contributed by atoms with Gasteiger partial charge in [0.05, 0.1) is 6.61 Å². The number of aliphatic hydroxyl groups excluding tert-OH is 1. The van der Waals surface area contributed by atoms with Crippen molar-refractivity contribution < 1.29 is 29.4 Å². The van der Waals surface area contributed by atoms with Crippen molar-refractivity contribution in [3.8, 4) is 0 Å². The normalized spacial score (nSPS) is 14.6. The summed E-state index contributed by atoms with van der Waals surface area (Å²) in [6, 6.07) is -4.64. The number of guanidine groups is 1. The van der Waals surface area contributed by atoms with Crippen LogP contribution in [-0.2, 0) is 19.2 Å². The Balaban J connectivity index is 5.35. The van der Waals surface area contributed by atoms with Gasteiger partial charge in [-0.1, -0.05) is 13.8 Å². The molecule has 0 aliphatic carbocycles. The Kier molecular flexibility index (Phi) is 13.2. The lowest BCUT2D eigenvalue weighted by Gasteiger charge is -2.25. The highest BCUT2D eigenvalue weighted by Crippen LogP contribution is 2.06. The highest BCUT2D eigenvalue weighted by atomic mass is 32.1. The second kappa shape index (κ2) is 14.4. The average Bonchev–Trinajstić information content (AvgIpc) is 2.70. The first-order chi connectivity index (χ1) is 14.4. The molecule has 14 heteroatoms. The Morgan fingerprint density at radius 1 is 1.00 bits per heavy atom. The molecule has 0 aromatic rings. The molecule has 0 aromatic heterocycles. The number of carboxylic acid groups (broad SMARTS) is 1. The number of aliphatic hydroxyl groups is 1. The third-order valence-electron chi connectivity index (χ3n) is 4.16. The summed E-state index contributed by atoms with van der Waals surface area (Å²) in [5.41, 5.74) is 15.9. The minimum Gasteiger partial charge on any atom is -0.480 e. The topological polar surface area (TPSA) is 235 Å². The van der Waals surface area contributed by atoms with E-state index in [2.05, 4.69) is 33.6 Å². The van der Waals surface area contributed by atoms with Gasteiger partial charge in [0.2, 0.25) is 17.7 Å². The van der Waals surface area contributed by atoms with Crippen molar-refractivity contribution in [2.24, 2.45) is 28.1 Å². The van der Waals surface area contributed by atoms with E-state index < -0.39 is 60.4 Å². The van der Waals surface area contributed by atoms with Gasteiger partial charge < -0.3 is 43.4 Å². The van der Waals surface area contributed by atoms with Crippen LogP contribution in [0.1, 0.15) is 26.7 Å². The summed E-state index contributed by atoms with van der Waals surface area (Å²) in [6.45, 7) is 2.82. The highest BCUT2D eigenvalue weighted by molar-refractivity contribution is 7.80. The molecule has 3 amide bonds. The molecule has 4 atom stereocenters. The molecule has 0 saturated carbocycles. The van der Waals surface area contributed by atoms with Crippen molar-refractivity contribution in [3.63, 3.8) is 0 Å². The lowest BCUT2D eigenvalue weighted by atomic mass is 10.0. The first-order valence-electron chi connectivity index (χ1n) is 9.61. The van der Waals surface area contributed by atoms with E-state index in [9.17, 15) is 24.3 Å². The van der Waals surface area contributed by atoms with Gasteiger partial charge in [0.15, 0.2) is 5.96 Å². The molecule has 0 aromatic carbocycles. The van der Waals surface area contributed by atoms with Crippen LogP contribution < -0.4 is 33.2 Å². The van der Waals surface area contributed by atoms with Crippen LogP contribution in [0.15, 0.2) is 4.99 Å². The molecule has 0 bridgehead atoms. The summed E-state index contributed by atoms with van der Waals surface area (Å²) in [5, 5.41) is 25.4. The number of carbonyl (C=O) groups is 4. The molecule has 0 aliphatic rings. The number of amides is 3. The molecular formula is C17H33N7O6S. The molecule has 0 heterocycles. The van der Waals surface area contributed by atoms with Gasteiger partial charge >= 0.3 is 5.97 Å². The second-order valence-corrected chi connectivity index (χ2v) is 7.48. The van der Waals surface area contributed by atoms with Crippen molar-refractivity contribution in [2.75, 3.05) is 18.9 Å². The largest absolute Gasteiger partial charge is 0.480 e. The van der Waals surface area contributed by atoms with Gasteiger partial charge in [-0.25, -0.2) is 4.79 Å². The summed E-state index contributed by atoms with van der Waals surface area (Å²) < 4.78 is 0. The Hall–Kier alpha value is -2.58. The van der Waals surface area contributed by atoms with E-state index in [1.165, 1.54) is 0 Å². The van der Waals surface area contributed by atoms with Crippen molar-refractivity contribution in [1.82, 2.24) is 16.0 Å². The van der Waals surface area contributed by atoms with Crippen molar-refractivity contribution in [1.29, 1.82) is 0 Å². The number of hydrogen-bond donors (Lipinski definition) is 9. The van der Waals surface area contributed by atoms with Gasteiger partial charge in [-0.3, -0.25) is 19.4 Å². The summed E-state index contributed by atoms with van der Waals surface area (Å²) >= 11 is 4.02. The van der Waals surface area contributed by atoms with E-state index >= 15 is 0 Å². The molecule has 0 radical (unpaired) electrons. The third-order valence-corrected chi connectivity index (χ3v) is 4.52. The molecule has 4 unspecified atom stereocenters. The molecular weight excluding hydrogens is 430 g/mol. The Labute approximate surface area is 186 Å². The van der Waals surface area contributed by atoms with Gasteiger partial charge in [0.25, 0.3) is 0 Å². The Bertz CT molecular complexity index is 657. The van der Waals surface area contributed by atoms with E-state index in [0.29, 0.717) is 6.42 Å². The summed E-state index contributed by atoms with van der Waals surface area (Å²) in [4.78, 5) is 52.3. The van der Waals surface area contributed by atoms with Gasteiger partial charge in [0.1, 0.15) is 24.2 Å². The van der Waals surface area contributed by atoms with Gasteiger partial charge in [-0.05, 0) is 18.8 Å². The van der Waals surface area contributed by atoms with Crippen LogP contribution in [0.4, 0.5) is 0 Å². The number of aliphatic imine (C=N–C) groups is 1. The number of carboxylic acids is 1. The van der Waals surface area contributed by atoms with Gasteiger partial charge in [-0.2, -0.15) is 12.6 Å².